The first-order valence-electron chi connectivity index (χ1n) is 4.43. The zero-order chi connectivity index (χ0) is 9.94. The van der Waals surface area contributed by atoms with Gasteiger partial charge < -0.3 is 20.5 Å². The van der Waals surface area contributed by atoms with E-state index >= 15 is 0 Å². The van der Waals surface area contributed by atoms with Crippen LogP contribution in [0, 0.1) is 0 Å². The van der Waals surface area contributed by atoms with Gasteiger partial charge in [-0.1, -0.05) is 0 Å². The molecule has 0 heterocycles. The molecule has 0 rings (SSSR count). The SMILES string of the molecule is CCOCCOCC(=O)NCCN. The summed E-state index contributed by atoms with van der Waals surface area (Å²) in [6, 6.07) is 0. The molecule has 0 aromatic rings. The molecule has 0 fully saturated rings. The van der Waals surface area contributed by atoms with Crippen LogP contribution in [0.4, 0.5) is 0 Å². The maximum Gasteiger partial charge on any atom is 0.246 e. The molecule has 0 bridgehead atoms. The third kappa shape index (κ3) is 9.26. The van der Waals surface area contributed by atoms with Crippen molar-refractivity contribution in [2.75, 3.05) is 39.5 Å². The van der Waals surface area contributed by atoms with Crippen LogP contribution in [-0.4, -0.2) is 45.4 Å². The van der Waals surface area contributed by atoms with Crippen LogP contribution in [0.5, 0.6) is 0 Å². The molecular formula is C8H18N2O3. The molecule has 0 aliphatic rings. The highest BCUT2D eigenvalue weighted by Gasteiger charge is 1.98. The first-order chi connectivity index (χ1) is 6.31. The highest BCUT2D eigenvalue weighted by molar-refractivity contribution is 5.77. The van der Waals surface area contributed by atoms with Gasteiger partial charge in [0, 0.05) is 19.7 Å². The van der Waals surface area contributed by atoms with Gasteiger partial charge in [-0.25, -0.2) is 0 Å². The van der Waals surface area contributed by atoms with Crippen molar-refractivity contribution in [3.05, 3.63) is 0 Å². The fourth-order valence-electron chi connectivity index (χ4n) is 0.690. The van der Waals surface area contributed by atoms with Gasteiger partial charge in [0.1, 0.15) is 6.61 Å². The molecule has 0 saturated carbocycles. The molecule has 13 heavy (non-hydrogen) atoms. The quantitative estimate of drug-likeness (QED) is 0.487. The summed E-state index contributed by atoms with van der Waals surface area (Å²) in [5, 5.41) is 2.59. The van der Waals surface area contributed by atoms with Crippen molar-refractivity contribution >= 4 is 5.91 Å². The summed E-state index contributed by atoms with van der Waals surface area (Å²) in [6.07, 6.45) is 0. The monoisotopic (exact) mass is 190 g/mol. The Morgan fingerprint density at radius 3 is 2.69 bits per heavy atom. The number of carbonyl (C=O) groups is 1. The third-order valence-corrected chi connectivity index (χ3v) is 1.28. The fourth-order valence-corrected chi connectivity index (χ4v) is 0.690. The number of hydrogen-bond donors (Lipinski definition) is 2. The van der Waals surface area contributed by atoms with E-state index in [1.165, 1.54) is 0 Å². The van der Waals surface area contributed by atoms with Crippen molar-refractivity contribution in [2.24, 2.45) is 5.73 Å². The smallest absolute Gasteiger partial charge is 0.246 e. The average Bonchev–Trinajstić information content (AvgIpc) is 2.14. The molecular weight excluding hydrogens is 172 g/mol. The molecule has 0 aromatic heterocycles. The number of ether oxygens (including phenoxy) is 2. The summed E-state index contributed by atoms with van der Waals surface area (Å²) in [5.74, 6) is -0.137. The Morgan fingerprint density at radius 2 is 2.08 bits per heavy atom. The lowest BCUT2D eigenvalue weighted by atomic mass is 10.5. The van der Waals surface area contributed by atoms with E-state index in [0.717, 1.165) is 0 Å². The highest BCUT2D eigenvalue weighted by Crippen LogP contribution is 1.78. The minimum absolute atomic E-state index is 0.0765. The van der Waals surface area contributed by atoms with Crippen LogP contribution in [0.25, 0.3) is 0 Å². The molecule has 0 aromatic carbocycles. The third-order valence-electron chi connectivity index (χ3n) is 1.28. The van der Waals surface area contributed by atoms with Crippen molar-refractivity contribution in [1.82, 2.24) is 5.32 Å². The van der Waals surface area contributed by atoms with Crippen molar-refractivity contribution < 1.29 is 14.3 Å². The summed E-state index contributed by atoms with van der Waals surface area (Å²) in [6.45, 7) is 4.58. The lowest BCUT2D eigenvalue weighted by Crippen LogP contribution is -2.32. The Balaban J connectivity index is 3.08. The van der Waals surface area contributed by atoms with Gasteiger partial charge in [0.2, 0.25) is 5.91 Å². The van der Waals surface area contributed by atoms with Crippen molar-refractivity contribution in [1.29, 1.82) is 0 Å². The van der Waals surface area contributed by atoms with Gasteiger partial charge in [-0.15, -0.1) is 0 Å². The van der Waals surface area contributed by atoms with Crippen LogP contribution < -0.4 is 11.1 Å². The van der Waals surface area contributed by atoms with Gasteiger partial charge in [0.05, 0.1) is 13.2 Å². The van der Waals surface area contributed by atoms with Crippen molar-refractivity contribution in [3.8, 4) is 0 Å². The summed E-state index contributed by atoms with van der Waals surface area (Å²) >= 11 is 0. The maximum absolute atomic E-state index is 10.9. The predicted octanol–water partition coefficient (Wildman–Crippen LogP) is -0.886. The van der Waals surface area contributed by atoms with E-state index in [1.807, 2.05) is 6.92 Å². The van der Waals surface area contributed by atoms with Crippen LogP contribution in [0.2, 0.25) is 0 Å². The number of hydrogen-bond acceptors (Lipinski definition) is 4. The normalized spacial score (nSPS) is 10.0. The Bertz CT molecular complexity index is 131. The van der Waals surface area contributed by atoms with Crippen LogP contribution in [0.3, 0.4) is 0 Å². The Hall–Kier alpha value is -0.650. The van der Waals surface area contributed by atoms with E-state index in [2.05, 4.69) is 5.32 Å². The van der Waals surface area contributed by atoms with Gasteiger partial charge in [0.15, 0.2) is 0 Å². The molecule has 5 heteroatoms. The highest BCUT2D eigenvalue weighted by atomic mass is 16.5. The van der Waals surface area contributed by atoms with Gasteiger partial charge in [-0.2, -0.15) is 0 Å². The molecule has 5 nitrogen and oxygen atoms in total. The molecule has 78 valence electrons. The second kappa shape index (κ2) is 9.44. The average molecular weight is 190 g/mol. The number of nitrogens with one attached hydrogen (secondary N) is 1. The molecule has 3 N–H and O–H groups in total. The summed E-state index contributed by atoms with van der Waals surface area (Å²) < 4.78 is 10.0. The summed E-state index contributed by atoms with van der Waals surface area (Å²) in [4.78, 5) is 10.9. The predicted molar refractivity (Wildman–Crippen MR) is 49.4 cm³/mol. The van der Waals surface area contributed by atoms with Crippen molar-refractivity contribution in [2.45, 2.75) is 6.92 Å². The van der Waals surface area contributed by atoms with Gasteiger partial charge in [-0.3, -0.25) is 4.79 Å². The molecule has 0 atom stereocenters. The molecule has 0 spiro atoms. The maximum atomic E-state index is 10.9. The van der Waals surface area contributed by atoms with E-state index < -0.39 is 0 Å². The lowest BCUT2D eigenvalue weighted by Gasteiger charge is -2.04. The lowest BCUT2D eigenvalue weighted by molar-refractivity contribution is -0.126. The topological polar surface area (TPSA) is 73.6 Å². The summed E-state index contributed by atoms with van der Waals surface area (Å²) in [7, 11) is 0. The van der Waals surface area contributed by atoms with Gasteiger partial charge in [0.25, 0.3) is 0 Å². The Morgan fingerprint density at radius 1 is 1.38 bits per heavy atom. The van der Waals surface area contributed by atoms with E-state index in [9.17, 15) is 4.79 Å². The minimum atomic E-state index is -0.137. The van der Waals surface area contributed by atoms with Crippen LogP contribution in [-0.2, 0) is 14.3 Å². The molecule has 0 aliphatic carbocycles. The van der Waals surface area contributed by atoms with E-state index in [4.69, 9.17) is 15.2 Å². The second-order valence-corrected chi connectivity index (χ2v) is 2.39. The Labute approximate surface area is 78.6 Å². The first kappa shape index (κ1) is 12.3. The number of nitrogens with two attached hydrogens (primary N) is 1. The molecule has 0 unspecified atom stereocenters. The zero-order valence-corrected chi connectivity index (χ0v) is 8.04. The summed E-state index contributed by atoms with van der Waals surface area (Å²) in [5.41, 5.74) is 5.20. The fraction of sp³-hybridized carbons (Fsp3) is 0.875. The number of amides is 1. The van der Waals surface area contributed by atoms with E-state index in [1.54, 1.807) is 0 Å². The zero-order valence-electron chi connectivity index (χ0n) is 8.04. The molecule has 0 aliphatic heterocycles. The van der Waals surface area contributed by atoms with Gasteiger partial charge in [-0.05, 0) is 6.92 Å². The number of carbonyl (C=O) groups excluding carboxylic acids is 1. The molecule has 0 radical (unpaired) electrons. The van der Waals surface area contributed by atoms with Crippen LogP contribution in [0.15, 0.2) is 0 Å². The second-order valence-electron chi connectivity index (χ2n) is 2.39. The van der Waals surface area contributed by atoms with E-state index in [-0.39, 0.29) is 12.5 Å². The standard InChI is InChI=1S/C8H18N2O3/c1-2-12-5-6-13-7-8(11)10-4-3-9/h2-7,9H2,1H3,(H,10,11). The Kier molecular flexibility index (Phi) is 8.97. The molecule has 1 amide bonds. The number of rotatable bonds is 8. The van der Waals surface area contributed by atoms with Crippen LogP contribution in [0.1, 0.15) is 6.92 Å². The largest absolute Gasteiger partial charge is 0.379 e. The van der Waals surface area contributed by atoms with Crippen molar-refractivity contribution in [3.63, 3.8) is 0 Å². The molecule has 0 saturated heterocycles. The van der Waals surface area contributed by atoms with E-state index in [0.29, 0.717) is 32.9 Å². The minimum Gasteiger partial charge on any atom is -0.379 e. The van der Waals surface area contributed by atoms with Crippen LogP contribution >= 0.6 is 0 Å². The van der Waals surface area contributed by atoms with Gasteiger partial charge >= 0.3 is 0 Å². The first-order valence-corrected chi connectivity index (χ1v) is 4.43.